The van der Waals surface area contributed by atoms with Crippen LogP contribution in [0.4, 0.5) is 0 Å². The number of aliphatic carboxylic acids is 1. The van der Waals surface area contributed by atoms with Crippen molar-refractivity contribution in [3.05, 3.63) is 81.4 Å². The van der Waals surface area contributed by atoms with Gasteiger partial charge in [0.05, 0.1) is 19.6 Å². The van der Waals surface area contributed by atoms with E-state index >= 15 is 0 Å². The number of aryl methyl sites for hydroxylation is 3. The molecule has 1 amide bonds. The highest BCUT2D eigenvalue weighted by atomic mass is 16.5. The molecule has 0 unspecified atom stereocenters. The number of methoxy groups -OCH3 is 1. The van der Waals surface area contributed by atoms with E-state index in [1.54, 1.807) is 12.3 Å². The number of nitrogens with one attached hydrogen (secondary N) is 1. The van der Waals surface area contributed by atoms with Gasteiger partial charge in [-0.1, -0.05) is 32.0 Å². The van der Waals surface area contributed by atoms with Gasteiger partial charge in [0.15, 0.2) is 0 Å². The lowest BCUT2D eigenvalue weighted by Crippen LogP contribution is -2.40. The topological polar surface area (TPSA) is 111 Å². The molecule has 0 fully saturated rings. The molecule has 2 N–H and O–H groups in total. The minimum Gasteiger partial charge on any atom is -0.481 e. The average molecular weight is 506 g/mol. The Kier molecular flexibility index (Phi) is 8.86. The van der Waals surface area contributed by atoms with Crippen molar-refractivity contribution in [2.45, 2.75) is 59.5 Å². The molecule has 2 atom stereocenters. The molecule has 0 aliphatic heterocycles. The van der Waals surface area contributed by atoms with Gasteiger partial charge in [0.2, 0.25) is 11.8 Å². The van der Waals surface area contributed by atoms with Crippen molar-refractivity contribution in [1.29, 1.82) is 0 Å². The summed E-state index contributed by atoms with van der Waals surface area (Å²) in [7, 11) is 1.53. The van der Waals surface area contributed by atoms with Crippen molar-refractivity contribution in [2.75, 3.05) is 7.11 Å². The third kappa shape index (κ3) is 6.64. The molecule has 2 aromatic heterocycles. The number of hydrogen-bond donors (Lipinski definition) is 2. The number of ether oxygens (including phenoxy) is 1. The summed E-state index contributed by atoms with van der Waals surface area (Å²) in [6, 6.07) is 9.38. The summed E-state index contributed by atoms with van der Waals surface area (Å²) < 4.78 is 6.93. The van der Waals surface area contributed by atoms with Gasteiger partial charge in [0.25, 0.3) is 5.56 Å². The van der Waals surface area contributed by atoms with Crippen molar-refractivity contribution in [2.24, 2.45) is 5.92 Å². The summed E-state index contributed by atoms with van der Waals surface area (Å²) in [5, 5.41) is 12.6. The zero-order chi connectivity index (χ0) is 27.3. The first-order valence-electron chi connectivity index (χ1n) is 12.3. The predicted molar refractivity (Wildman–Crippen MR) is 143 cm³/mol. The van der Waals surface area contributed by atoms with Crippen LogP contribution in [0.15, 0.2) is 53.6 Å². The maximum Gasteiger partial charge on any atom is 0.305 e. The molecular weight excluding hydrogens is 470 g/mol. The Balaban J connectivity index is 2.05. The Morgan fingerprint density at radius 1 is 1.11 bits per heavy atom. The number of nitrogens with zero attached hydrogens (tertiary/aromatic N) is 2. The fourth-order valence-corrected chi connectivity index (χ4v) is 4.57. The van der Waals surface area contributed by atoms with Gasteiger partial charge in [0, 0.05) is 24.0 Å². The van der Waals surface area contributed by atoms with E-state index in [2.05, 4.69) is 10.3 Å². The third-order valence-corrected chi connectivity index (χ3v) is 6.35. The molecule has 8 heteroatoms. The van der Waals surface area contributed by atoms with Gasteiger partial charge >= 0.3 is 5.97 Å². The number of carboxylic acid groups (broad SMARTS) is 1. The second-order valence-corrected chi connectivity index (χ2v) is 9.85. The average Bonchev–Trinajstić information content (AvgIpc) is 2.82. The number of rotatable bonds is 10. The van der Waals surface area contributed by atoms with E-state index < -0.39 is 24.0 Å². The van der Waals surface area contributed by atoms with E-state index in [-0.39, 0.29) is 17.9 Å². The second-order valence-electron chi connectivity index (χ2n) is 9.85. The fourth-order valence-electron chi connectivity index (χ4n) is 4.57. The van der Waals surface area contributed by atoms with E-state index in [0.717, 1.165) is 22.3 Å². The molecule has 37 heavy (non-hydrogen) atoms. The SMILES string of the molecule is COc1ncc([C@H](CC(=O)O)NC(=O)[C@@H](CC(C)C)n2ccc(C)cc2=O)cc1-c1c(C)cccc1C. The smallest absolute Gasteiger partial charge is 0.305 e. The minimum atomic E-state index is -1.07. The van der Waals surface area contributed by atoms with Crippen molar-refractivity contribution in [3.63, 3.8) is 0 Å². The normalized spacial score (nSPS) is 12.7. The summed E-state index contributed by atoms with van der Waals surface area (Å²) in [5.41, 5.74) is 4.76. The lowest BCUT2D eigenvalue weighted by Gasteiger charge is -2.25. The number of amides is 1. The summed E-state index contributed by atoms with van der Waals surface area (Å²) in [6.07, 6.45) is 3.22. The summed E-state index contributed by atoms with van der Waals surface area (Å²) in [4.78, 5) is 42.5. The highest BCUT2D eigenvalue weighted by molar-refractivity contribution is 5.82. The maximum absolute atomic E-state index is 13.6. The summed E-state index contributed by atoms with van der Waals surface area (Å²) in [6.45, 7) is 9.73. The van der Waals surface area contributed by atoms with Crippen LogP contribution in [-0.2, 0) is 9.59 Å². The van der Waals surface area contributed by atoms with Crippen LogP contribution in [0, 0.1) is 26.7 Å². The second kappa shape index (κ2) is 11.9. The van der Waals surface area contributed by atoms with Crippen LogP contribution in [0.2, 0.25) is 0 Å². The van der Waals surface area contributed by atoms with Gasteiger partial charge in [0.1, 0.15) is 6.04 Å². The lowest BCUT2D eigenvalue weighted by atomic mass is 9.93. The van der Waals surface area contributed by atoms with E-state index in [1.165, 1.54) is 23.9 Å². The van der Waals surface area contributed by atoms with E-state index in [0.29, 0.717) is 23.4 Å². The summed E-state index contributed by atoms with van der Waals surface area (Å²) >= 11 is 0. The molecule has 1 aromatic carbocycles. The Labute approximate surface area is 217 Å². The molecule has 0 bridgehead atoms. The lowest BCUT2D eigenvalue weighted by molar-refractivity contribution is -0.138. The van der Waals surface area contributed by atoms with Crippen LogP contribution in [0.1, 0.15) is 61.0 Å². The quantitative estimate of drug-likeness (QED) is 0.411. The van der Waals surface area contributed by atoms with Crippen LogP contribution in [-0.4, -0.2) is 33.6 Å². The Morgan fingerprint density at radius 2 is 1.78 bits per heavy atom. The molecule has 0 aliphatic rings. The molecule has 0 spiro atoms. The van der Waals surface area contributed by atoms with Crippen LogP contribution < -0.4 is 15.6 Å². The van der Waals surface area contributed by atoms with Crippen molar-refractivity contribution in [3.8, 4) is 17.0 Å². The van der Waals surface area contributed by atoms with Crippen LogP contribution in [0.3, 0.4) is 0 Å². The predicted octanol–water partition coefficient (Wildman–Crippen LogP) is 4.76. The largest absolute Gasteiger partial charge is 0.481 e. The third-order valence-electron chi connectivity index (χ3n) is 6.35. The number of aromatic nitrogens is 2. The zero-order valence-electron chi connectivity index (χ0n) is 22.2. The fraction of sp³-hybridized carbons (Fsp3) is 0.379. The van der Waals surface area contributed by atoms with Crippen LogP contribution >= 0.6 is 0 Å². The maximum atomic E-state index is 13.6. The molecule has 0 radical (unpaired) electrons. The molecule has 196 valence electrons. The van der Waals surface area contributed by atoms with E-state index in [4.69, 9.17) is 4.74 Å². The van der Waals surface area contributed by atoms with Gasteiger partial charge in [-0.25, -0.2) is 4.98 Å². The number of hydrogen-bond acceptors (Lipinski definition) is 5. The number of carboxylic acids is 1. The first-order chi connectivity index (χ1) is 17.5. The summed E-state index contributed by atoms with van der Waals surface area (Å²) in [5.74, 6) is -0.955. The standard InChI is InChI=1S/C29H35N3O5/c1-17(2)12-24(32-11-10-18(3)13-25(32)33)28(36)31-23(15-26(34)35)21-14-22(29(37-6)30-16-21)27-19(4)8-7-9-20(27)5/h7-11,13-14,16-17,23-24H,12,15H2,1-6H3,(H,31,36)(H,34,35)/t23-,24+/m0/s1. The molecule has 0 aliphatic carbocycles. The van der Waals surface area contributed by atoms with Crippen molar-refractivity contribution < 1.29 is 19.4 Å². The van der Waals surface area contributed by atoms with Crippen LogP contribution in [0.5, 0.6) is 5.88 Å². The van der Waals surface area contributed by atoms with Crippen molar-refractivity contribution >= 4 is 11.9 Å². The molecule has 2 heterocycles. The van der Waals surface area contributed by atoms with Gasteiger partial charge in [-0.2, -0.15) is 0 Å². The minimum absolute atomic E-state index is 0.125. The van der Waals surface area contributed by atoms with Gasteiger partial charge in [-0.05, 0) is 73.1 Å². The Bertz CT molecular complexity index is 1330. The molecule has 0 saturated carbocycles. The van der Waals surface area contributed by atoms with Gasteiger partial charge in [-0.15, -0.1) is 0 Å². The highest BCUT2D eigenvalue weighted by Gasteiger charge is 2.28. The molecule has 3 aromatic rings. The first kappa shape index (κ1) is 27.6. The monoisotopic (exact) mass is 505 g/mol. The first-order valence-corrected chi connectivity index (χ1v) is 12.3. The molecular formula is C29H35N3O5. The molecule has 8 nitrogen and oxygen atoms in total. The number of pyridine rings is 2. The zero-order valence-corrected chi connectivity index (χ0v) is 22.2. The Morgan fingerprint density at radius 3 is 2.35 bits per heavy atom. The van der Waals surface area contributed by atoms with Crippen LogP contribution in [0.25, 0.3) is 11.1 Å². The Hall–Kier alpha value is -3.94. The highest BCUT2D eigenvalue weighted by Crippen LogP contribution is 2.35. The molecule has 0 saturated heterocycles. The van der Waals surface area contributed by atoms with Crippen molar-refractivity contribution in [1.82, 2.24) is 14.9 Å². The number of carbonyl (C=O) groups is 2. The van der Waals surface area contributed by atoms with Gasteiger partial charge < -0.3 is 19.7 Å². The number of benzene rings is 1. The van der Waals surface area contributed by atoms with E-state index in [1.807, 2.05) is 58.9 Å². The van der Waals surface area contributed by atoms with Gasteiger partial charge in [-0.3, -0.25) is 14.4 Å². The molecule has 3 rings (SSSR count). The number of carbonyl (C=O) groups excluding carboxylic acids is 1. The van der Waals surface area contributed by atoms with E-state index in [9.17, 15) is 19.5 Å².